The fourth-order valence-corrected chi connectivity index (χ4v) is 1.98. The van der Waals surface area contributed by atoms with Gasteiger partial charge in [0.15, 0.2) is 0 Å². The van der Waals surface area contributed by atoms with E-state index in [9.17, 15) is 9.59 Å². The Morgan fingerprint density at radius 2 is 2.19 bits per heavy atom. The van der Waals surface area contributed by atoms with Crippen molar-refractivity contribution < 1.29 is 14.7 Å². The van der Waals surface area contributed by atoms with Crippen molar-refractivity contribution in [3.63, 3.8) is 0 Å². The van der Waals surface area contributed by atoms with Gasteiger partial charge in [-0.15, -0.1) is 0 Å². The van der Waals surface area contributed by atoms with Crippen LogP contribution in [-0.2, 0) is 4.79 Å². The summed E-state index contributed by atoms with van der Waals surface area (Å²) in [6.07, 6.45) is 1.49. The lowest BCUT2D eigenvalue weighted by Gasteiger charge is -2.21. The van der Waals surface area contributed by atoms with Crippen molar-refractivity contribution in [1.82, 2.24) is 10.2 Å². The average molecular weight is 223 g/mol. The summed E-state index contributed by atoms with van der Waals surface area (Å²) in [6, 6.07) is 1.43. The van der Waals surface area contributed by atoms with E-state index in [1.165, 1.54) is 0 Å². The fraction of sp³-hybridized carbons (Fsp3) is 0.700. The second kappa shape index (κ2) is 3.67. The number of carbonyl (C=O) groups is 2. The molecule has 0 aromatic carbocycles. The van der Waals surface area contributed by atoms with Crippen LogP contribution in [-0.4, -0.2) is 40.1 Å². The van der Waals surface area contributed by atoms with Gasteiger partial charge < -0.3 is 10.4 Å². The van der Waals surface area contributed by atoms with Crippen molar-refractivity contribution in [2.45, 2.75) is 37.3 Å². The molecule has 0 aromatic rings. The van der Waals surface area contributed by atoms with Gasteiger partial charge >= 0.3 is 6.09 Å². The normalized spacial score (nSPS) is 25.9. The van der Waals surface area contributed by atoms with Crippen LogP contribution < -0.4 is 5.32 Å². The highest BCUT2D eigenvalue weighted by atomic mass is 16.4. The molecule has 1 saturated carbocycles. The molecular weight excluding hydrogens is 210 g/mol. The van der Waals surface area contributed by atoms with Gasteiger partial charge in [0.1, 0.15) is 11.6 Å². The zero-order valence-corrected chi connectivity index (χ0v) is 8.77. The van der Waals surface area contributed by atoms with E-state index in [0.717, 1.165) is 4.90 Å². The first kappa shape index (κ1) is 10.7. The number of amides is 2. The molecule has 1 atom stereocenters. The van der Waals surface area contributed by atoms with Crippen molar-refractivity contribution in [3.8, 4) is 6.07 Å². The third kappa shape index (κ3) is 1.81. The molecule has 1 saturated heterocycles. The molecule has 86 valence electrons. The summed E-state index contributed by atoms with van der Waals surface area (Å²) in [4.78, 5) is 23.8. The van der Waals surface area contributed by atoms with Gasteiger partial charge in [0, 0.05) is 6.54 Å². The standard InChI is InChI=1S/C10H13N3O3/c11-6-10(3-4-10)12-8(14)7-2-1-5-13(7)9(15)16/h7H,1-5H2,(H,12,14)(H,15,16). The monoisotopic (exact) mass is 223 g/mol. The molecule has 0 bridgehead atoms. The Hall–Kier alpha value is -1.77. The highest BCUT2D eigenvalue weighted by molar-refractivity contribution is 5.87. The molecule has 1 heterocycles. The predicted molar refractivity (Wildman–Crippen MR) is 53.5 cm³/mol. The minimum absolute atomic E-state index is 0.334. The van der Waals surface area contributed by atoms with Crippen LogP contribution in [0, 0.1) is 11.3 Å². The molecule has 0 aromatic heterocycles. The minimum Gasteiger partial charge on any atom is -0.465 e. The van der Waals surface area contributed by atoms with Gasteiger partial charge in [-0.3, -0.25) is 9.69 Å². The largest absolute Gasteiger partial charge is 0.465 e. The molecular formula is C10H13N3O3. The average Bonchev–Trinajstić information content (AvgIpc) is 2.83. The summed E-state index contributed by atoms with van der Waals surface area (Å²) in [5.74, 6) is -0.334. The number of carboxylic acid groups (broad SMARTS) is 1. The summed E-state index contributed by atoms with van der Waals surface area (Å²) in [7, 11) is 0. The van der Waals surface area contributed by atoms with Gasteiger partial charge in [-0.1, -0.05) is 0 Å². The molecule has 1 unspecified atom stereocenters. The molecule has 6 heteroatoms. The predicted octanol–water partition coefficient (Wildman–Crippen LogP) is 0.301. The van der Waals surface area contributed by atoms with Crippen LogP contribution in [0.2, 0.25) is 0 Å². The second-order valence-electron chi connectivity index (χ2n) is 4.32. The van der Waals surface area contributed by atoms with Crippen LogP contribution in [0.5, 0.6) is 0 Å². The SMILES string of the molecule is N#CC1(NC(=O)C2CCCN2C(=O)O)CC1. The maximum Gasteiger partial charge on any atom is 0.407 e. The first-order chi connectivity index (χ1) is 7.58. The van der Waals surface area contributed by atoms with Crippen LogP contribution in [0.4, 0.5) is 4.79 Å². The van der Waals surface area contributed by atoms with Crippen LogP contribution in [0.1, 0.15) is 25.7 Å². The van der Waals surface area contributed by atoms with E-state index < -0.39 is 17.7 Å². The number of nitrogens with zero attached hydrogens (tertiary/aromatic N) is 2. The first-order valence-corrected chi connectivity index (χ1v) is 5.31. The molecule has 16 heavy (non-hydrogen) atoms. The first-order valence-electron chi connectivity index (χ1n) is 5.31. The maximum atomic E-state index is 11.8. The van der Waals surface area contributed by atoms with Crippen molar-refractivity contribution in [2.24, 2.45) is 0 Å². The number of hydrogen-bond acceptors (Lipinski definition) is 3. The highest BCUT2D eigenvalue weighted by Crippen LogP contribution is 2.34. The van der Waals surface area contributed by atoms with Gasteiger partial charge in [0.2, 0.25) is 5.91 Å². The van der Waals surface area contributed by atoms with Gasteiger partial charge in [-0.25, -0.2) is 4.79 Å². The van der Waals surface area contributed by atoms with E-state index in [4.69, 9.17) is 10.4 Å². The van der Waals surface area contributed by atoms with Gasteiger partial charge in [-0.2, -0.15) is 5.26 Å². The quantitative estimate of drug-likeness (QED) is 0.704. The lowest BCUT2D eigenvalue weighted by molar-refractivity contribution is -0.125. The van der Waals surface area contributed by atoms with Crippen molar-refractivity contribution >= 4 is 12.0 Å². The third-order valence-electron chi connectivity index (χ3n) is 3.13. The molecule has 2 aliphatic rings. The topological polar surface area (TPSA) is 93.4 Å². The molecule has 0 spiro atoms. The molecule has 1 aliphatic carbocycles. The van der Waals surface area contributed by atoms with Crippen molar-refractivity contribution in [3.05, 3.63) is 0 Å². The van der Waals surface area contributed by atoms with E-state index in [0.29, 0.717) is 32.2 Å². The molecule has 2 fully saturated rings. The van der Waals surface area contributed by atoms with Gasteiger partial charge in [0.05, 0.1) is 6.07 Å². The Balaban J connectivity index is 1.99. The summed E-state index contributed by atoms with van der Waals surface area (Å²) >= 11 is 0. The molecule has 1 aliphatic heterocycles. The van der Waals surface area contributed by atoms with Gasteiger partial charge in [0.25, 0.3) is 0 Å². The fourth-order valence-electron chi connectivity index (χ4n) is 1.98. The number of likely N-dealkylation sites (tertiary alicyclic amines) is 1. The smallest absolute Gasteiger partial charge is 0.407 e. The number of nitrogens with one attached hydrogen (secondary N) is 1. The van der Waals surface area contributed by atoms with E-state index in [2.05, 4.69) is 11.4 Å². The van der Waals surface area contributed by atoms with Gasteiger partial charge in [-0.05, 0) is 25.7 Å². The Labute approximate surface area is 92.8 Å². The Morgan fingerprint density at radius 1 is 1.50 bits per heavy atom. The number of hydrogen-bond donors (Lipinski definition) is 2. The molecule has 2 N–H and O–H groups in total. The summed E-state index contributed by atoms with van der Waals surface area (Å²) < 4.78 is 0. The van der Waals surface area contributed by atoms with Crippen molar-refractivity contribution in [2.75, 3.05) is 6.54 Å². The molecule has 6 nitrogen and oxygen atoms in total. The number of nitriles is 1. The highest BCUT2D eigenvalue weighted by Gasteiger charge is 2.47. The molecule has 2 rings (SSSR count). The van der Waals surface area contributed by atoms with Crippen LogP contribution in [0.15, 0.2) is 0 Å². The molecule has 2 amide bonds. The van der Waals surface area contributed by atoms with Crippen LogP contribution in [0.25, 0.3) is 0 Å². The zero-order chi connectivity index (χ0) is 11.8. The Kier molecular flexibility index (Phi) is 2.46. The zero-order valence-electron chi connectivity index (χ0n) is 8.77. The van der Waals surface area contributed by atoms with E-state index in [-0.39, 0.29) is 5.91 Å². The molecule has 0 radical (unpaired) electrons. The van der Waals surface area contributed by atoms with E-state index in [1.54, 1.807) is 0 Å². The Bertz CT molecular complexity index is 370. The third-order valence-corrected chi connectivity index (χ3v) is 3.13. The lowest BCUT2D eigenvalue weighted by Crippen LogP contribution is -2.49. The number of carbonyl (C=O) groups excluding carboxylic acids is 1. The minimum atomic E-state index is -1.07. The van der Waals surface area contributed by atoms with E-state index in [1.807, 2.05) is 0 Å². The van der Waals surface area contributed by atoms with E-state index >= 15 is 0 Å². The Morgan fingerprint density at radius 3 is 2.69 bits per heavy atom. The summed E-state index contributed by atoms with van der Waals surface area (Å²) in [5, 5.41) is 20.4. The maximum absolute atomic E-state index is 11.8. The number of rotatable bonds is 2. The van der Waals surface area contributed by atoms with Crippen LogP contribution >= 0.6 is 0 Å². The summed E-state index contributed by atoms with van der Waals surface area (Å²) in [6.45, 7) is 0.396. The lowest BCUT2D eigenvalue weighted by atomic mass is 10.2. The summed E-state index contributed by atoms with van der Waals surface area (Å²) in [5.41, 5.74) is -0.718. The van der Waals surface area contributed by atoms with Crippen LogP contribution in [0.3, 0.4) is 0 Å². The second-order valence-corrected chi connectivity index (χ2v) is 4.32. The van der Waals surface area contributed by atoms with Crippen molar-refractivity contribution in [1.29, 1.82) is 5.26 Å².